The van der Waals surface area contributed by atoms with Crippen LogP contribution < -0.4 is 16.0 Å². The summed E-state index contributed by atoms with van der Waals surface area (Å²) in [6.07, 6.45) is 1.45. The molecule has 2 amide bonds. The molecule has 2 rings (SSSR count). The summed E-state index contributed by atoms with van der Waals surface area (Å²) in [7, 11) is 0. The molecule has 3 atom stereocenters. The molecule has 1 unspecified atom stereocenters. The molecule has 0 saturated carbocycles. The number of ether oxygens (including phenoxy) is 1. The lowest BCUT2D eigenvalue weighted by molar-refractivity contribution is -0.134. The largest absolute Gasteiger partial charge is 0.375 e. The Bertz CT molecular complexity index is 308. The molecule has 0 aliphatic carbocycles. The van der Waals surface area contributed by atoms with Crippen molar-refractivity contribution in [3.63, 3.8) is 0 Å². The van der Waals surface area contributed by atoms with Gasteiger partial charge in [-0.2, -0.15) is 0 Å². The molecule has 2 saturated heterocycles. The van der Waals surface area contributed by atoms with Gasteiger partial charge in [0.25, 0.3) is 0 Å². The van der Waals surface area contributed by atoms with E-state index < -0.39 is 6.04 Å². The van der Waals surface area contributed by atoms with Crippen molar-refractivity contribution in [3.8, 4) is 0 Å². The molecule has 0 bridgehead atoms. The Hall–Kier alpha value is -1.14. The first-order chi connectivity index (χ1) is 8.18. The highest BCUT2D eigenvalue weighted by atomic mass is 16.5. The average molecular weight is 241 g/mol. The zero-order chi connectivity index (χ0) is 12.3. The van der Waals surface area contributed by atoms with Crippen LogP contribution in [0.25, 0.3) is 0 Å². The summed E-state index contributed by atoms with van der Waals surface area (Å²) in [6, 6.07) is -0.759. The first kappa shape index (κ1) is 12.3. The number of piperidine rings is 1. The zero-order valence-electron chi connectivity index (χ0n) is 9.99. The van der Waals surface area contributed by atoms with E-state index in [-0.39, 0.29) is 24.0 Å². The number of carbonyl (C=O) groups excluding carboxylic acids is 2. The SMILES string of the molecule is C[C@H]1OCCN[C@@H]1C(=O)NC1CCCNC1=O. The van der Waals surface area contributed by atoms with E-state index in [0.29, 0.717) is 26.1 Å². The van der Waals surface area contributed by atoms with E-state index >= 15 is 0 Å². The first-order valence-electron chi connectivity index (χ1n) is 6.11. The monoisotopic (exact) mass is 241 g/mol. The van der Waals surface area contributed by atoms with E-state index in [1.807, 2.05) is 6.92 Å². The molecule has 0 aromatic carbocycles. The summed E-state index contributed by atoms with van der Waals surface area (Å²) in [4.78, 5) is 23.5. The maximum atomic E-state index is 12.0. The number of hydrogen-bond acceptors (Lipinski definition) is 4. The first-order valence-corrected chi connectivity index (χ1v) is 6.11. The number of nitrogens with one attached hydrogen (secondary N) is 3. The van der Waals surface area contributed by atoms with Crippen molar-refractivity contribution in [2.24, 2.45) is 0 Å². The lowest BCUT2D eigenvalue weighted by Crippen LogP contribution is -2.59. The van der Waals surface area contributed by atoms with E-state index in [1.54, 1.807) is 0 Å². The van der Waals surface area contributed by atoms with E-state index in [9.17, 15) is 9.59 Å². The number of rotatable bonds is 2. The maximum absolute atomic E-state index is 12.0. The zero-order valence-corrected chi connectivity index (χ0v) is 9.99. The summed E-state index contributed by atoms with van der Waals surface area (Å²) in [5, 5.41) is 8.63. The fraction of sp³-hybridized carbons (Fsp3) is 0.818. The molecule has 0 radical (unpaired) electrons. The Morgan fingerprint density at radius 3 is 3.00 bits per heavy atom. The minimum absolute atomic E-state index is 0.0889. The van der Waals surface area contributed by atoms with Gasteiger partial charge in [-0.3, -0.25) is 9.59 Å². The van der Waals surface area contributed by atoms with E-state index in [2.05, 4.69) is 16.0 Å². The highest BCUT2D eigenvalue weighted by molar-refractivity contribution is 5.90. The summed E-state index contributed by atoms with van der Waals surface area (Å²) in [5.74, 6) is -0.242. The summed E-state index contributed by atoms with van der Waals surface area (Å²) in [5.41, 5.74) is 0. The minimum Gasteiger partial charge on any atom is -0.375 e. The number of carbonyl (C=O) groups is 2. The Morgan fingerprint density at radius 1 is 1.47 bits per heavy atom. The molecule has 17 heavy (non-hydrogen) atoms. The predicted molar refractivity (Wildman–Crippen MR) is 61.4 cm³/mol. The van der Waals surface area contributed by atoms with Gasteiger partial charge in [-0.15, -0.1) is 0 Å². The molecule has 0 aromatic heterocycles. The standard InChI is InChI=1S/C11H19N3O3/c1-7-9(12-5-6-17-7)11(16)14-8-3-2-4-13-10(8)15/h7-9,12H,2-6H2,1H3,(H,13,15)(H,14,16)/t7-,8?,9+/m1/s1. The summed E-state index contributed by atoms with van der Waals surface area (Å²) >= 11 is 0. The molecule has 6 heteroatoms. The van der Waals surface area contributed by atoms with E-state index in [0.717, 1.165) is 6.42 Å². The minimum atomic E-state index is -0.396. The third-order valence-corrected chi connectivity index (χ3v) is 3.20. The van der Waals surface area contributed by atoms with Crippen molar-refractivity contribution in [3.05, 3.63) is 0 Å². The third kappa shape index (κ3) is 2.95. The van der Waals surface area contributed by atoms with Gasteiger partial charge in [-0.25, -0.2) is 0 Å². The van der Waals surface area contributed by atoms with Crippen LogP contribution in [-0.4, -0.2) is 49.7 Å². The summed E-state index contributed by atoms with van der Waals surface area (Å²) in [6.45, 7) is 3.85. The number of morpholine rings is 1. The Morgan fingerprint density at radius 2 is 2.29 bits per heavy atom. The van der Waals surface area contributed by atoms with Crippen LogP contribution in [0.1, 0.15) is 19.8 Å². The molecule has 2 heterocycles. The van der Waals surface area contributed by atoms with Crippen molar-refractivity contribution in [1.82, 2.24) is 16.0 Å². The highest BCUT2D eigenvalue weighted by Gasteiger charge is 2.31. The van der Waals surface area contributed by atoms with Crippen LogP contribution in [0.5, 0.6) is 0 Å². The molecule has 6 nitrogen and oxygen atoms in total. The van der Waals surface area contributed by atoms with Gasteiger partial charge in [0.1, 0.15) is 12.1 Å². The maximum Gasteiger partial charge on any atom is 0.242 e. The Labute approximate surface area is 100 Å². The van der Waals surface area contributed by atoms with Crippen LogP contribution in [0.3, 0.4) is 0 Å². The van der Waals surface area contributed by atoms with Crippen LogP contribution in [0.15, 0.2) is 0 Å². The van der Waals surface area contributed by atoms with Gasteiger partial charge in [0.2, 0.25) is 11.8 Å². The van der Waals surface area contributed by atoms with Gasteiger partial charge in [-0.05, 0) is 19.8 Å². The summed E-state index contributed by atoms with van der Waals surface area (Å²) < 4.78 is 5.40. The quantitative estimate of drug-likeness (QED) is 0.565. The van der Waals surface area contributed by atoms with Crippen LogP contribution >= 0.6 is 0 Å². The second-order valence-electron chi connectivity index (χ2n) is 4.50. The molecule has 2 fully saturated rings. The topological polar surface area (TPSA) is 79.5 Å². The second-order valence-corrected chi connectivity index (χ2v) is 4.50. The van der Waals surface area contributed by atoms with Gasteiger partial charge in [0.05, 0.1) is 12.7 Å². The van der Waals surface area contributed by atoms with Crippen LogP contribution in [0.2, 0.25) is 0 Å². The molecular weight excluding hydrogens is 222 g/mol. The normalized spacial score (nSPS) is 33.9. The van der Waals surface area contributed by atoms with Crippen LogP contribution in [0, 0.1) is 0 Å². The van der Waals surface area contributed by atoms with Gasteiger partial charge < -0.3 is 20.7 Å². The van der Waals surface area contributed by atoms with Crippen molar-refractivity contribution >= 4 is 11.8 Å². The predicted octanol–water partition coefficient (Wildman–Crippen LogP) is -1.24. The molecule has 3 N–H and O–H groups in total. The average Bonchev–Trinajstić information content (AvgIpc) is 2.32. The number of amides is 2. The fourth-order valence-corrected chi connectivity index (χ4v) is 2.20. The van der Waals surface area contributed by atoms with Crippen molar-refractivity contribution in [2.45, 2.75) is 38.0 Å². The van der Waals surface area contributed by atoms with Gasteiger partial charge in [0.15, 0.2) is 0 Å². The fourth-order valence-electron chi connectivity index (χ4n) is 2.20. The molecular formula is C11H19N3O3. The Kier molecular flexibility index (Phi) is 3.96. The molecule has 0 spiro atoms. The van der Waals surface area contributed by atoms with E-state index in [1.165, 1.54) is 0 Å². The number of hydrogen-bond donors (Lipinski definition) is 3. The van der Waals surface area contributed by atoms with Crippen molar-refractivity contribution in [1.29, 1.82) is 0 Å². The van der Waals surface area contributed by atoms with Crippen molar-refractivity contribution < 1.29 is 14.3 Å². The smallest absolute Gasteiger partial charge is 0.242 e. The Balaban J connectivity index is 1.89. The molecule has 0 aromatic rings. The van der Waals surface area contributed by atoms with Crippen LogP contribution in [-0.2, 0) is 14.3 Å². The lowest BCUT2D eigenvalue weighted by Gasteiger charge is -2.31. The molecule has 2 aliphatic rings. The molecule has 2 aliphatic heterocycles. The van der Waals surface area contributed by atoms with Crippen LogP contribution in [0.4, 0.5) is 0 Å². The highest BCUT2D eigenvalue weighted by Crippen LogP contribution is 2.07. The van der Waals surface area contributed by atoms with Crippen molar-refractivity contribution in [2.75, 3.05) is 19.7 Å². The second kappa shape index (κ2) is 5.46. The van der Waals surface area contributed by atoms with E-state index in [4.69, 9.17) is 4.74 Å². The molecule has 96 valence electrons. The van der Waals surface area contributed by atoms with Gasteiger partial charge in [-0.1, -0.05) is 0 Å². The van der Waals surface area contributed by atoms with Gasteiger partial charge in [0, 0.05) is 13.1 Å². The lowest BCUT2D eigenvalue weighted by atomic mass is 10.0. The van der Waals surface area contributed by atoms with Gasteiger partial charge >= 0.3 is 0 Å². The third-order valence-electron chi connectivity index (χ3n) is 3.20.